The summed E-state index contributed by atoms with van der Waals surface area (Å²) in [6.45, 7) is 4.91. The van der Waals surface area contributed by atoms with Crippen LogP contribution in [-0.2, 0) is 14.3 Å². The van der Waals surface area contributed by atoms with Gasteiger partial charge in [0.25, 0.3) is 0 Å². The maximum Gasteiger partial charge on any atom is 0.408 e. The number of hydrogen-bond acceptors (Lipinski definition) is 4. The van der Waals surface area contributed by atoms with Crippen LogP contribution in [0.4, 0.5) is 13.6 Å². The quantitative estimate of drug-likeness (QED) is 0.872. The van der Waals surface area contributed by atoms with Crippen LogP contribution in [-0.4, -0.2) is 24.8 Å². The highest BCUT2D eigenvalue weighted by molar-refractivity contribution is 5.82. The maximum atomic E-state index is 13.7. The van der Waals surface area contributed by atoms with E-state index < -0.39 is 35.3 Å². The van der Waals surface area contributed by atoms with Crippen molar-refractivity contribution in [2.45, 2.75) is 32.4 Å². The van der Waals surface area contributed by atoms with Gasteiger partial charge in [-0.1, -0.05) is 6.07 Å². The topological polar surface area (TPSA) is 64.6 Å². The third-order valence-electron chi connectivity index (χ3n) is 2.37. The largest absolute Gasteiger partial charge is 0.467 e. The summed E-state index contributed by atoms with van der Waals surface area (Å²) in [6, 6.07) is 1.22. The van der Waals surface area contributed by atoms with Crippen molar-refractivity contribution in [2.24, 2.45) is 0 Å². The van der Waals surface area contributed by atoms with Gasteiger partial charge in [-0.2, -0.15) is 0 Å². The molecule has 0 aliphatic rings. The summed E-state index contributed by atoms with van der Waals surface area (Å²) in [7, 11) is 1.09. The van der Waals surface area contributed by atoms with Gasteiger partial charge in [0, 0.05) is 11.6 Å². The van der Waals surface area contributed by atoms with E-state index in [1.807, 2.05) is 0 Å². The van der Waals surface area contributed by atoms with Crippen LogP contribution in [0.15, 0.2) is 18.2 Å². The molecule has 0 fully saturated rings. The average molecular weight is 301 g/mol. The van der Waals surface area contributed by atoms with E-state index in [4.69, 9.17) is 4.74 Å². The van der Waals surface area contributed by atoms with E-state index in [1.54, 1.807) is 20.8 Å². The zero-order valence-electron chi connectivity index (χ0n) is 12.2. The number of carbonyl (C=O) groups excluding carboxylic acids is 2. The van der Waals surface area contributed by atoms with Gasteiger partial charge in [-0.15, -0.1) is 0 Å². The van der Waals surface area contributed by atoms with Crippen molar-refractivity contribution in [2.75, 3.05) is 7.11 Å². The van der Waals surface area contributed by atoms with Gasteiger partial charge in [0.05, 0.1) is 7.11 Å². The summed E-state index contributed by atoms with van der Waals surface area (Å²) in [5, 5.41) is 2.20. The summed E-state index contributed by atoms with van der Waals surface area (Å²) < 4.78 is 36.2. The van der Waals surface area contributed by atoms with E-state index in [0.29, 0.717) is 6.07 Å². The first-order valence-corrected chi connectivity index (χ1v) is 6.16. The molecule has 0 heterocycles. The molecule has 21 heavy (non-hydrogen) atoms. The summed E-state index contributed by atoms with van der Waals surface area (Å²) in [5.74, 6) is -2.66. The summed E-state index contributed by atoms with van der Waals surface area (Å²) >= 11 is 0. The van der Waals surface area contributed by atoms with Gasteiger partial charge >= 0.3 is 12.1 Å². The number of amides is 1. The molecular weight excluding hydrogens is 284 g/mol. The lowest BCUT2D eigenvalue weighted by Gasteiger charge is -2.23. The first kappa shape index (κ1) is 16.9. The van der Waals surface area contributed by atoms with Gasteiger partial charge in [-0.25, -0.2) is 18.4 Å². The van der Waals surface area contributed by atoms with E-state index in [1.165, 1.54) is 0 Å². The van der Waals surface area contributed by atoms with E-state index in [2.05, 4.69) is 10.1 Å². The predicted octanol–water partition coefficient (Wildman–Crippen LogP) is 2.70. The normalized spacial score (nSPS) is 12.5. The Balaban J connectivity index is 3.01. The fourth-order valence-electron chi connectivity index (χ4n) is 1.54. The molecule has 0 aliphatic carbocycles. The molecule has 0 saturated carbocycles. The molecular formula is C14H17F2NO4. The molecule has 1 atom stereocenters. The van der Waals surface area contributed by atoms with Crippen LogP contribution in [0.1, 0.15) is 32.4 Å². The second-order valence-corrected chi connectivity index (χ2v) is 5.27. The van der Waals surface area contributed by atoms with Crippen LogP contribution in [0.25, 0.3) is 0 Å². The standard InChI is InChI=1S/C14H17F2NO4/c1-14(2,3)21-13(19)17-11(12(18)20-4)9-6-5-8(15)7-10(9)16/h5-7,11H,1-4H3,(H,17,19). The number of esters is 1. The van der Waals surface area contributed by atoms with Crippen LogP contribution in [0.2, 0.25) is 0 Å². The van der Waals surface area contributed by atoms with Crippen molar-refractivity contribution in [1.29, 1.82) is 0 Å². The van der Waals surface area contributed by atoms with Gasteiger partial charge in [0.2, 0.25) is 0 Å². The first-order chi connectivity index (χ1) is 9.64. The molecule has 1 rings (SSSR count). The Morgan fingerprint density at radius 1 is 1.24 bits per heavy atom. The van der Waals surface area contributed by atoms with Crippen molar-refractivity contribution in [3.8, 4) is 0 Å². The third-order valence-corrected chi connectivity index (χ3v) is 2.37. The number of benzene rings is 1. The third kappa shape index (κ3) is 5.02. The van der Waals surface area contributed by atoms with Crippen LogP contribution < -0.4 is 5.32 Å². The Labute approximate surface area is 121 Å². The molecule has 7 heteroatoms. The molecule has 0 aromatic heterocycles. The molecule has 0 radical (unpaired) electrons. The minimum Gasteiger partial charge on any atom is -0.467 e. The number of alkyl carbamates (subject to hydrolysis) is 1. The number of nitrogens with one attached hydrogen (secondary N) is 1. The number of ether oxygens (including phenoxy) is 2. The average Bonchev–Trinajstić information content (AvgIpc) is 2.33. The summed E-state index contributed by atoms with van der Waals surface area (Å²) in [4.78, 5) is 23.4. The van der Waals surface area contributed by atoms with Gasteiger partial charge < -0.3 is 14.8 Å². The van der Waals surface area contributed by atoms with E-state index in [9.17, 15) is 18.4 Å². The molecule has 1 unspecified atom stereocenters. The Morgan fingerprint density at radius 3 is 2.33 bits per heavy atom. The molecule has 0 saturated heterocycles. The summed E-state index contributed by atoms with van der Waals surface area (Å²) in [5.41, 5.74) is -0.999. The molecule has 1 aromatic carbocycles. The number of hydrogen-bond donors (Lipinski definition) is 1. The van der Waals surface area contributed by atoms with E-state index in [0.717, 1.165) is 19.2 Å². The highest BCUT2D eigenvalue weighted by Gasteiger charge is 2.28. The zero-order chi connectivity index (χ0) is 16.2. The molecule has 1 N–H and O–H groups in total. The molecule has 116 valence electrons. The number of rotatable bonds is 3. The number of halogens is 2. The molecule has 5 nitrogen and oxygen atoms in total. The second kappa shape index (κ2) is 6.51. The van der Waals surface area contributed by atoms with Crippen LogP contribution in [0.3, 0.4) is 0 Å². The smallest absolute Gasteiger partial charge is 0.408 e. The fourth-order valence-corrected chi connectivity index (χ4v) is 1.54. The van der Waals surface area contributed by atoms with Crippen molar-refractivity contribution >= 4 is 12.1 Å². The van der Waals surface area contributed by atoms with Crippen molar-refractivity contribution in [1.82, 2.24) is 5.32 Å². The molecule has 1 aromatic rings. The van der Waals surface area contributed by atoms with Gasteiger partial charge in [-0.05, 0) is 26.8 Å². The highest BCUT2D eigenvalue weighted by atomic mass is 19.1. The van der Waals surface area contributed by atoms with Crippen LogP contribution in [0.5, 0.6) is 0 Å². The highest BCUT2D eigenvalue weighted by Crippen LogP contribution is 2.20. The lowest BCUT2D eigenvalue weighted by molar-refractivity contribution is -0.143. The monoisotopic (exact) mass is 301 g/mol. The Kier molecular flexibility index (Phi) is 5.23. The minimum atomic E-state index is -1.43. The molecule has 0 bridgehead atoms. The minimum absolute atomic E-state index is 0.214. The predicted molar refractivity (Wildman–Crippen MR) is 70.5 cm³/mol. The van der Waals surface area contributed by atoms with Crippen LogP contribution >= 0.6 is 0 Å². The van der Waals surface area contributed by atoms with Crippen molar-refractivity contribution in [3.63, 3.8) is 0 Å². The SMILES string of the molecule is COC(=O)C(NC(=O)OC(C)(C)C)c1ccc(F)cc1F. The Bertz CT molecular complexity index is 540. The van der Waals surface area contributed by atoms with Crippen molar-refractivity contribution in [3.05, 3.63) is 35.4 Å². The fraction of sp³-hybridized carbons (Fsp3) is 0.429. The second-order valence-electron chi connectivity index (χ2n) is 5.27. The molecule has 0 aliphatic heterocycles. The lowest BCUT2D eigenvalue weighted by atomic mass is 10.1. The first-order valence-electron chi connectivity index (χ1n) is 6.16. The van der Waals surface area contributed by atoms with E-state index >= 15 is 0 Å². The van der Waals surface area contributed by atoms with Gasteiger partial charge in [0.15, 0.2) is 6.04 Å². The van der Waals surface area contributed by atoms with E-state index in [-0.39, 0.29) is 5.56 Å². The maximum absolute atomic E-state index is 13.7. The van der Waals surface area contributed by atoms with Gasteiger partial charge in [0.1, 0.15) is 17.2 Å². The van der Waals surface area contributed by atoms with Crippen LogP contribution in [0, 0.1) is 11.6 Å². The Morgan fingerprint density at radius 2 is 1.86 bits per heavy atom. The van der Waals surface area contributed by atoms with Crippen molar-refractivity contribution < 1.29 is 27.8 Å². The lowest BCUT2D eigenvalue weighted by Crippen LogP contribution is -2.38. The number of methoxy groups -OCH3 is 1. The van der Waals surface area contributed by atoms with Gasteiger partial charge in [-0.3, -0.25) is 0 Å². The Hall–Kier alpha value is -2.18. The summed E-state index contributed by atoms with van der Waals surface area (Å²) in [6.07, 6.45) is -0.915. The molecule has 1 amide bonds. The number of carbonyl (C=O) groups is 2. The zero-order valence-corrected chi connectivity index (χ0v) is 12.2. The molecule has 0 spiro atoms.